The van der Waals surface area contributed by atoms with Gasteiger partial charge < -0.3 is 39.1 Å². The van der Waals surface area contributed by atoms with Gasteiger partial charge in [0.25, 0.3) is 0 Å². The minimum Gasteiger partial charge on any atom is -0.456 e. The van der Waals surface area contributed by atoms with Crippen LogP contribution in [-0.2, 0) is 0 Å². The van der Waals surface area contributed by atoms with Crippen LogP contribution in [-0.4, -0.2) is 0 Å². The van der Waals surface area contributed by atoms with Gasteiger partial charge in [-0.3, -0.25) is 0 Å². The molecule has 0 amide bonds. The van der Waals surface area contributed by atoms with Crippen LogP contribution >= 0.6 is 34.8 Å². The molecule has 2 N–H and O–H groups in total. The predicted molar refractivity (Wildman–Crippen MR) is 614 cm³/mol. The lowest BCUT2D eigenvalue weighted by Crippen LogP contribution is -1.94. The Bertz CT molecular complexity index is 8900. The molecule has 0 fully saturated rings. The number of rotatable bonds is 8. The number of nitrogens with one attached hydrogen (secondary N) is 2. The van der Waals surface area contributed by atoms with Crippen molar-refractivity contribution in [3.63, 3.8) is 0 Å². The van der Waals surface area contributed by atoms with Crippen molar-refractivity contribution >= 4 is 57.6 Å². The van der Waals surface area contributed by atoms with Crippen molar-refractivity contribution in [1.82, 2.24) is 0 Å². The van der Waals surface area contributed by atoms with Crippen molar-refractivity contribution in [2.75, 3.05) is 10.6 Å². The van der Waals surface area contributed by atoms with Crippen LogP contribution in [0.4, 0.5) is 22.7 Å². The van der Waals surface area contributed by atoms with Gasteiger partial charge in [-0.15, -0.1) is 0 Å². The Kier molecular flexibility index (Phi) is 24.9. The molecule has 708 valence electrons. The fraction of sp³-hybridized carbons (Fsp3) is 0. The van der Waals surface area contributed by atoms with E-state index in [1.807, 2.05) is 200 Å². The van der Waals surface area contributed by atoms with E-state index in [0.29, 0.717) is 0 Å². The van der Waals surface area contributed by atoms with E-state index in [-0.39, 0.29) is 0 Å². The Hall–Kier alpha value is -18.7. The van der Waals surface area contributed by atoms with Crippen LogP contribution in [0.2, 0.25) is 15.1 Å². The molecule has 29 rings (SSSR count). The Morgan fingerprint density at radius 1 is 0.114 bits per heavy atom. The maximum absolute atomic E-state index is 6.35. The minimum atomic E-state index is 0.735. The molecular formula is C138H89Cl3N2O6. The smallest absolute Gasteiger partial charge is 0.135 e. The van der Waals surface area contributed by atoms with Crippen LogP contribution < -0.4 is 39.1 Å². The lowest BCUT2D eigenvalue weighted by Gasteiger charge is -2.15. The number of fused-ring (bicyclic) bond motifs is 30. The number of halogens is 3. The van der Waals surface area contributed by atoms with Gasteiger partial charge in [-0.25, -0.2) is 0 Å². The lowest BCUT2D eigenvalue weighted by atomic mass is 9.88. The van der Waals surface area contributed by atoms with Gasteiger partial charge in [0.2, 0.25) is 0 Å². The average molecular weight is 1980 g/mol. The molecule has 0 radical (unpaired) electrons. The van der Waals surface area contributed by atoms with E-state index in [1.54, 1.807) is 0 Å². The van der Waals surface area contributed by atoms with Crippen LogP contribution in [0.1, 0.15) is 0 Å². The Balaban J connectivity index is 0.0000000976. The highest BCUT2D eigenvalue weighted by atomic mass is 35.5. The van der Waals surface area contributed by atoms with Gasteiger partial charge >= 0.3 is 0 Å². The quantitative estimate of drug-likeness (QED) is 0.156. The van der Waals surface area contributed by atoms with Crippen molar-refractivity contribution in [1.29, 1.82) is 0 Å². The summed E-state index contributed by atoms with van der Waals surface area (Å²) in [6, 6.07) is 181. The van der Waals surface area contributed by atoms with Gasteiger partial charge in [0, 0.05) is 116 Å². The highest BCUT2D eigenvalue weighted by molar-refractivity contribution is 6.31. The third-order valence-electron chi connectivity index (χ3n) is 27.6. The van der Waals surface area contributed by atoms with Crippen LogP contribution in [0.5, 0.6) is 69.0 Å². The van der Waals surface area contributed by atoms with Crippen molar-refractivity contribution in [2.45, 2.75) is 0 Å². The third kappa shape index (κ3) is 18.4. The van der Waals surface area contributed by atoms with Gasteiger partial charge in [-0.05, 0) is 264 Å². The van der Waals surface area contributed by atoms with Crippen LogP contribution in [0.25, 0.3) is 178 Å². The molecule has 0 unspecified atom stereocenters. The number of benzene rings is 23. The molecule has 6 aliphatic rings. The first kappa shape index (κ1) is 91.5. The monoisotopic (exact) mass is 1970 g/mol. The Labute approximate surface area is 879 Å². The molecule has 0 aliphatic carbocycles. The summed E-state index contributed by atoms with van der Waals surface area (Å²) in [7, 11) is 0. The second kappa shape index (κ2) is 40.5. The van der Waals surface area contributed by atoms with Crippen LogP contribution in [0, 0.1) is 0 Å². The van der Waals surface area contributed by atoms with E-state index < -0.39 is 0 Å². The minimum absolute atomic E-state index is 0.735. The molecule has 0 spiro atoms. The molecule has 149 heavy (non-hydrogen) atoms. The van der Waals surface area contributed by atoms with Gasteiger partial charge in [0.15, 0.2) is 0 Å². The summed E-state index contributed by atoms with van der Waals surface area (Å²) in [6.45, 7) is 0. The van der Waals surface area contributed by atoms with Crippen molar-refractivity contribution in [3.8, 4) is 247 Å². The molecule has 6 heterocycles. The molecular weight excluding hydrogens is 1890 g/mol. The second-order valence-corrected chi connectivity index (χ2v) is 38.1. The molecule has 8 nitrogen and oxygen atoms in total. The zero-order chi connectivity index (χ0) is 99.6. The van der Waals surface area contributed by atoms with Crippen LogP contribution in [0.3, 0.4) is 0 Å². The van der Waals surface area contributed by atoms with Crippen molar-refractivity contribution in [2.24, 2.45) is 0 Å². The van der Waals surface area contributed by atoms with Gasteiger partial charge in [-0.2, -0.15) is 0 Å². The van der Waals surface area contributed by atoms with E-state index in [0.717, 1.165) is 229 Å². The Morgan fingerprint density at radius 3 is 0.671 bits per heavy atom. The zero-order valence-electron chi connectivity index (χ0n) is 80.3. The van der Waals surface area contributed by atoms with Crippen molar-refractivity contribution in [3.05, 3.63) is 543 Å². The number of anilines is 4. The number of hydrogen-bond donors (Lipinski definition) is 2. The van der Waals surface area contributed by atoms with E-state index in [4.69, 9.17) is 63.2 Å². The maximum Gasteiger partial charge on any atom is 0.135 e. The number of para-hydroxylation sites is 12. The second-order valence-electron chi connectivity index (χ2n) is 36.8. The maximum atomic E-state index is 6.35. The summed E-state index contributed by atoms with van der Waals surface area (Å²) < 4.78 is 37.7. The van der Waals surface area contributed by atoms with E-state index in [1.165, 1.54) is 55.6 Å². The largest absolute Gasteiger partial charge is 0.456 e. The van der Waals surface area contributed by atoms with Gasteiger partial charge in [0.05, 0.1) is 0 Å². The SMILES string of the molecule is Clc1ccc(-c2ccc3c(c2)-c2ccccc2Oc2ccccc2-3)cc1.Clc1ccc(-c2cccc3c2-c2ccccc2Oc2ccccc2-3)cc1.Clc1cccc(-c2cccc3c2-c2ccccc2Oc2ccccc2-3)c1.c1ccc(-c2ccc(Nc3ccc4c(c3)-c3ccccc3Oc3ccccc3-4)cc2)cc1.c1ccc2c(c1)Oc1ccccc1-c1cc(Nc3ccc4c(c3)-c3ccccc3Oc3ccccc3-4)ccc1-2. The summed E-state index contributed by atoms with van der Waals surface area (Å²) in [6.07, 6.45) is 0. The van der Waals surface area contributed by atoms with Gasteiger partial charge in [0.1, 0.15) is 69.0 Å². The first-order valence-corrected chi connectivity index (χ1v) is 50.7. The van der Waals surface area contributed by atoms with Crippen LogP contribution in [0.15, 0.2) is 528 Å². The summed E-state index contributed by atoms with van der Waals surface area (Å²) in [5, 5.41) is 9.46. The van der Waals surface area contributed by atoms with E-state index >= 15 is 0 Å². The number of ether oxygens (including phenoxy) is 6. The normalized spacial score (nSPS) is 11.6. The zero-order valence-corrected chi connectivity index (χ0v) is 82.6. The molecule has 0 saturated carbocycles. The fourth-order valence-electron chi connectivity index (χ4n) is 20.7. The number of hydrogen-bond acceptors (Lipinski definition) is 8. The molecule has 0 atom stereocenters. The topological polar surface area (TPSA) is 79.4 Å². The molecule has 0 saturated heterocycles. The standard InChI is InChI=1S/C36H23NO2.C30H21NO.3C24H15ClO/c1-5-13-33-27(9-1)25-19-17-23(21-31(25)29-11-3-7-15-35(29)38-33)37-24-18-20-26-28-10-2-6-14-34(28)39-36-16-8-4-12-30(36)32(26)22-24;1-2-8-21(9-3-1)22-14-16-23(17-15-22)31-24-18-19-25-26-10-4-6-12-29(26)32-30-13-7-5-11-27(30)28(25)20-24;25-17-8-5-7-16(15-17)18-11-6-12-20-19-9-1-3-13-22(19)26-23-14-4-2-10-21(23)24(18)20;25-17-14-12-16(13-15-17)18-8-5-9-20-19-6-1-3-10-22(19)26-23-11-4-2-7-21(23)24(18)20;25-18-12-9-16(10-13-18)17-11-14-19-20-5-1-3-7-23(20)26-24-8-4-2-6-21(24)22(19)15-17/h1-22,37H;1-20,31H;3*1-15H. The summed E-state index contributed by atoms with van der Waals surface area (Å²) in [4.78, 5) is 0. The molecule has 0 aromatic heterocycles. The lowest BCUT2D eigenvalue weighted by molar-refractivity contribution is 0.487. The first-order chi connectivity index (χ1) is 73.6. The summed E-state index contributed by atoms with van der Waals surface area (Å²) in [5.74, 6) is 10.5. The highest BCUT2D eigenvalue weighted by Crippen LogP contribution is 2.57. The molecule has 6 aliphatic heterocycles. The molecule has 23 aromatic carbocycles. The highest BCUT2D eigenvalue weighted by Gasteiger charge is 2.30. The van der Waals surface area contributed by atoms with Crippen molar-refractivity contribution < 1.29 is 28.4 Å². The average Bonchev–Trinajstić information content (AvgIpc) is 1.65. The Morgan fingerprint density at radius 2 is 0.329 bits per heavy atom. The molecule has 23 aromatic rings. The predicted octanol–water partition coefficient (Wildman–Crippen LogP) is 41.2. The van der Waals surface area contributed by atoms with E-state index in [2.05, 4.69) is 338 Å². The summed E-state index contributed by atoms with van der Waals surface area (Å²) in [5.41, 5.74) is 40.6. The summed E-state index contributed by atoms with van der Waals surface area (Å²) >= 11 is 18.4. The fourth-order valence-corrected chi connectivity index (χ4v) is 21.1. The molecule has 11 heteroatoms. The molecule has 0 bridgehead atoms. The van der Waals surface area contributed by atoms with E-state index in [9.17, 15) is 0 Å². The third-order valence-corrected chi connectivity index (χ3v) is 28.4. The van der Waals surface area contributed by atoms with Gasteiger partial charge in [-0.1, -0.05) is 399 Å². The first-order valence-electron chi connectivity index (χ1n) is 49.6.